The molecule has 6 atom stereocenters. The standard InChI is InChI=1S/C55H66N2O11/c1-5-26-65-55-51(57(34-40-19-22-49-50(30-40)64-36-63-49)54(60)62-28-27-61-35-39-14-8-7-9-15-39)33-47(56-66-6-2)45-31-41(16-10-12-24-58)44(17-11-13-25-59)52(53(45)55)46-32-43(21-23-48(46)68-55)67-42-20-18-37(3)38(4)29-42/h5,7-9,14-15,18-23,29-32,41,44,51-53,58-59H,1,6,10-13,16-17,24-28,33-36H2,2-4H3/t41-,44+,51-,52+,53+,55+/m0/s1. The number of carbonyl (C=O) groups is 1. The number of aliphatic hydroxyl groups excluding tert-OH is 2. The van der Waals surface area contributed by atoms with E-state index in [1.54, 1.807) is 11.0 Å². The maximum Gasteiger partial charge on any atom is 0.410 e. The molecule has 4 aromatic rings. The first-order valence-corrected chi connectivity index (χ1v) is 24.2. The SMILES string of the molecule is C=CCO[C@@]12Oc3ccc(Oc4ccc(C)c(C)c4)cc3[C@H]3[C@H](CCCCO)[C@@H](CCCCO)C=C(C(=NOCC)C[C@@H]1N(Cc1ccc4c(c1)OCO4)C(=O)OCCOCc1ccccc1)[C@H]32. The van der Waals surface area contributed by atoms with E-state index in [0.717, 1.165) is 59.3 Å². The molecule has 1 saturated carbocycles. The lowest BCUT2D eigenvalue weighted by Crippen LogP contribution is -2.70. The van der Waals surface area contributed by atoms with E-state index in [9.17, 15) is 10.2 Å². The third-order valence-corrected chi connectivity index (χ3v) is 13.6. The highest BCUT2D eigenvalue weighted by atomic mass is 16.7. The van der Waals surface area contributed by atoms with Crippen molar-refractivity contribution in [3.8, 4) is 28.7 Å². The molecule has 8 rings (SSSR count). The number of nitrogens with zero attached hydrogens (tertiary/aromatic N) is 2. The minimum Gasteiger partial charge on any atom is -0.459 e. The molecule has 4 aliphatic rings. The summed E-state index contributed by atoms with van der Waals surface area (Å²) in [6, 6.07) is 26.7. The third kappa shape index (κ3) is 10.9. The van der Waals surface area contributed by atoms with E-state index in [1.807, 2.05) is 79.7 Å². The van der Waals surface area contributed by atoms with E-state index >= 15 is 4.79 Å². The zero-order chi connectivity index (χ0) is 47.5. The summed E-state index contributed by atoms with van der Waals surface area (Å²) in [6.45, 7) is 11.5. The molecule has 0 aromatic heterocycles. The van der Waals surface area contributed by atoms with Crippen LogP contribution >= 0.6 is 0 Å². The first-order chi connectivity index (χ1) is 33.3. The van der Waals surface area contributed by atoms with Crippen LogP contribution in [0.5, 0.6) is 28.7 Å². The van der Waals surface area contributed by atoms with Crippen LogP contribution in [-0.2, 0) is 32.2 Å². The van der Waals surface area contributed by atoms with Gasteiger partial charge in [-0.25, -0.2) is 4.79 Å². The van der Waals surface area contributed by atoms with Crippen molar-refractivity contribution in [1.29, 1.82) is 0 Å². The molecule has 1 fully saturated rings. The Labute approximate surface area is 400 Å². The number of oxime groups is 1. The lowest BCUT2D eigenvalue weighted by Gasteiger charge is -2.59. The van der Waals surface area contributed by atoms with Crippen LogP contribution < -0.4 is 18.9 Å². The number of unbranched alkanes of at least 4 members (excludes halogenated alkanes) is 2. The monoisotopic (exact) mass is 930 g/mol. The number of hydrogen-bond donors (Lipinski definition) is 2. The van der Waals surface area contributed by atoms with Gasteiger partial charge >= 0.3 is 6.09 Å². The second-order valence-corrected chi connectivity index (χ2v) is 18.0. The minimum absolute atomic E-state index is 0.00304. The molecule has 0 bridgehead atoms. The first-order valence-electron chi connectivity index (χ1n) is 24.2. The quantitative estimate of drug-likeness (QED) is 0.0416. The summed E-state index contributed by atoms with van der Waals surface area (Å²) in [5, 5.41) is 24.9. The molecule has 362 valence electrons. The lowest BCUT2D eigenvalue weighted by molar-refractivity contribution is -0.256. The van der Waals surface area contributed by atoms with Crippen LogP contribution in [0.4, 0.5) is 4.79 Å². The Bertz CT molecular complexity index is 2400. The Morgan fingerprint density at radius 1 is 0.868 bits per heavy atom. The zero-order valence-electron chi connectivity index (χ0n) is 39.6. The summed E-state index contributed by atoms with van der Waals surface area (Å²) in [5.74, 6) is 1.06. The summed E-state index contributed by atoms with van der Waals surface area (Å²) in [7, 11) is 0. The number of aliphatic hydroxyl groups is 2. The number of benzene rings is 4. The zero-order valence-corrected chi connectivity index (χ0v) is 39.6. The van der Waals surface area contributed by atoms with Crippen LogP contribution in [0.3, 0.4) is 0 Å². The Morgan fingerprint density at radius 2 is 1.63 bits per heavy atom. The van der Waals surface area contributed by atoms with Gasteiger partial charge in [-0.2, -0.15) is 0 Å². The number of amides is 1. The number of rotatable bonds is 23. The van der Waals surface area contributed by atoms with Crippen molar-refractivity contribution in [1.82, 2.24) is 4.90 Å². The molecule has 0 unspecified atom stereocenters. The molecule has 2 heterocycles. The van der Waals surface area contributed by atoms with Gasteiger partial charge in [0.15, 0.2) is 11.5 Å². The largest absolute Gasteiger partial charge is 0.459 e. The van der Waals surface area contributed by atoms with Crippen LogP contribution in [0.1, 0.15) is 85.6 Å². The number of fused-ring (bicyclic) bond motifs is 3. The number of allylic oxidation sites excluding steroid dienone is 1. The molecule has 4 aromatic carbocycles. The molecule has 0 radical (unpaired) electrons. The number of ether oxygens (including phenoxy) is 7. The van der Waals surface area contributed by atoms with Gasteiger partial charge < -0.3 is 48.2 Å². The van der Waals surface area contributed by atoms with E-state index in [1.165, 1.54) is 5.56 Å². The van der Waals surface area contributed by atoms with Gasteiger partial charge in [-0.1, -0.05) is 72.6 Å². The van der Waals surface area contributed by atoms with Crippen molar-refractivity contribution >= 4 is 11.8 Å². The average Bonchev–Trinajstić information content (AvgIpc) is 3.83. The van der Waals surface area contributed by atoms with Gasteiger partial charge in [-0.15, -0.1) is 6.58 Å². The molecule has 13 nitrogen and oxygen atoms in total. The van der Waals surface area contributed by atoms with Crippen LogP contribution in [0.25, 0.3) is 0 Å². The Hall–Kier alpha value is -5.86. The van der Waals surface area contributed by atoms with E-state index in [2.05, 4.69) is 38.6 Å². The predicted octanol–water partition coefficient (Wildman–Crippen LogP) is 10.3. The molecular formula is C55H66N2O11. The Balaban J connectivity index is 1.26. The van der Waals surface area contributed by atoms with E-state index in [0.29, 0.717) is 54.8 Å². The van der Waals surface area contributed by atoms with Crippen molar-refractivity contribution in [2.75, 3.05) is 46.4 Å². The summed E-state index contributed by atoms with van der Waals surface area (Å²) >= 11 is 0. The molecule has 13 heteroatoms. The van der Waals surface area contributed by atoms with E-state index in [-0.39, 0.29) is 70.5 Å². The molecular weight excluding hydrogens is 865 g/mol. The highest BCUT2D eigenvalue weighted by Gasteiger charge is 2.65. The maximum atomic E-state index is 15.0. The topological polar surface area (TPSA) is 147 Å². The number of carbonyl (C=O) groups excluding carboxylic acids is 1. The fourth-order valence-electron chi connectivity index (χ4n) is 10.3. The van der Waals surface area contributed by atoms with Gasteiger partial charge in [0.2, 0.25) is 12.6 Å². The van der Waals surface area contributed by atoms with Crippen LogP contribution in [0.15, 0.2) is 114 Å². The van der Waals surface area contributed by atoms with Crippen molar-refractivity contribution in [2.45, 2.75) is 96.6 Å². The summed E-state index contributed by atoms with van der Waals surface area (Å²) in [5.41, 5.74) is 6.69. The molecule has 2 aliphatic heterocycles. The minimum atomic E-state index is -1.50. The van der Waals surface area contributed by atoms with Crippen molar-refractivity contribution in [2.24, 2.45) is 22.9 Å². The van der Waals surface area contributed by atoms with Gasteiger partial charge in [-0.05, 0) is 129 Å². The fraction of sp³-hybridized carbons (Fsp3) is 0.455. The smallest absolute Gasteiger partial charge is 0.410 e. The van der Waals surface area contributed by atoms with E-state index in [4.69, 9.17) is 43.2 Å². The van der Waals surface area contributed by atoms with Gasteiger partial charge in [-0.3, -0.25) is 4.90 Å². The molecule has 1 amide bonds. The van der Waals surface area contributed by atoms with Crippen molar-refractivity contribution in [3.05, 3.63) is 137 Å². The van der Waals surface area contributed by atoms with Crippen LogP contribution in [0.2, 0.25) is 0 Å². The van der Waals surface area contributed by atoms with Crippen molar-refractivity contribution in [3.63, 3.8) is 0 Å². The third-order valence-electron chi connectivity index (χ3n) is 13.6. The molecule has 0 spiro atoms. The summed E-state index contributed by atoms with van der Waals surface area (Å²) < 4.78 is 44.8. The lowest BCUT2D eigenvalue weighted by atomic mass is 9.55. The molecule has 2 aliphatic carbocycles. The highest BCUT2D eigenvalue weighted by Crippen LogP contribution is 2.62. The van der Waals surface area contributed by atoms with Gasteiger partial charge in [0.25, 0.3) is 0 Å². The van der Waals surface area contributed by atoms with Gasteiger partial charge in [0.1, 0.15) is 36.5 Å². The number of aryl methyl sites for hydroxylation is 2. The second kappa shape index (κ2) is 23.0. The van der Waals surface area contributed by atoms with E-state index < -0.39 is 23.8 Å². The molecule has 68 heavy (non-hydrogen) atoms. The van der Waals surface area contributed by atoms with Gasteiger partial charge in [0, 0.05) is 37.7 Å². The summed E-state index contributed by atoms with van der Waals surface area (Å²) in [6.07, 6.45) is 8.21. The van der Waals surface area contributed by atoms with Crippen LogP contribution in [-0.4, -0.2) is 85.2 Å². The second-order valence-electron chi connectivity index (χ2n) is 18.0. The Kier molecular flexibility index (Phi) is 16.4. The highest BCUT2D eigenvalue weighted by molar-refractivity contribution is 6.03. The number of hydrogen-bond acceptors (Lipinski definition) is 12. The van der Waals surface area contributed by atoms with Crippen LogP contribution in [0, 0.1) is 31.6 Å². The summed E-state index contributed by atoms with van der Waals surface area (Å²) in [4.78, 5) is 22.7. The Morgan fingerprint density at radius 3 is 2.41 bits per heavy atom. The first kappa shape index (κ1) is 48.6. The molecule has 0 saturated heterocycles. The molecule has 2 N–H and O–H groups in total. The fourth-order valence-corrected chi connectivity index (χ4v) is 10.3. The average molecular weight is 931 g/mol. The van der Waals surface area contributed by atoms with Crippen molar-refractivity contribution < 1.29 is 53.0 Å². The maximum absolute atomic E-state index is 15.0. The normalized spacial score (nSPS) is 22.6. The van der Waals surface area contributed by atoms with Gasteiger partial charge in [0.05, 0.1) is 31.5 Å². The predicted molar refractivity (Wildman–Crippen MR) is 258 cm³/mol.